The predicted molar refractivity (Wildman–Crippen MR) is 45.0 cm³/mol. The van der Waals surface area contributed by atoms with Crippen molar-refractivity contribution in [1.29, 1.82) is 0 Å². The molecule has 0 aromatic carbocycles. The van der Waals surface area contributed by atoms with Crippen molar-refractivity contribution >= 4 is 11.7 Å². The number of ketones is 1. The first-order valence-corrected chi connectivity index (χ1v) is 3.97. The van der Waals surface area contributed by atoms with E-state index in [1.165, 1.54) is 0 Å². The molecule has 78 valence electrons. The first-order valence-electron chi connectivity index (χ1n) is 3.97. The van der Waals surface area contributed by atoms with Crippen LogP contribution in [0, 0.1) is 0 Å². The maximum absolute atomic E-state index is 11.1. The highest BCUT2D eigenvalue weighted by Crippen LogP contribution is 2.25. The largest absolute Gasteiger partial charge is 0.392 e. The van der Waals surface area contributed by atoms with Crippen molar-refractivity contribution in [3.63, 3.8) is 0 Å². The Labute approximate surface area is 79.9 Å². The number of Topliss-reactive ketones (excluding diaryl/α,β-unsaturated/α-hetero) is 1. The van der Waals surface area contributed by atoms with Crippen LogP contribution in [0.2, 0.25) is 0 Å². The van der Waals surface area contributed by atoms with Crippen LogP contribution in [0.15, 0.2) is 11.1 Å². The monoisotopic (exact) mass is 201 g/mol. The summed E-state index contributed by atoms with van der Waals surface area (Å²) >= 11 is 0. The molecule has 1 amide bonds. The second-order valence-electron chi connectivity index (χ2n) is 2.99. The van der Waals surface area contributed by atoms with Gasteiger partial charge in [0.05, 0.1) is 13.2 Å². The molecule has 0 fully saturated rings. The molecular formula is C8H11NO5. The highest BCUT2D eigenvalue weighted by atomic mass is 16.3. The predicted octanol–water partition coefficient (Wildman–Crippen LogP) is -2.32. The highest BCUT2D eigenvalue weighted by Gasteiger charge is 2.46. The van der Waals surface area contributed by atoms with Gasteiger partial charge in [-0.3, -0.25) is 9.59 Å². The Kier molecular flexibility index (Phi) is 2.70. The first-order chi connectivity index (χ1) is 6.47. The summed E-state index contributed by atoms with van der Waals surface area (Å²) in [6, 6.07) is 0. The summed E-state index contributed by atoms with van der Waals surface area (Å²) in [5.41, 5.74) is -2.51. The van der Waals surface area contributed by atoms with Crippen molar-refractivity contribution in [3.8, 4) is 0 Å². The van der Waals surface area contributed by atoms with Gasteiger partial charge in [0.1, 0.15) is 0 Å². The molecule has 6 nitrogen and oxygen atoms in total. The summed E-state index contributed by atoms with van der Waals surface area (Å²) in [5.74, 6) is -1.45. The van der Waals surface area contributed by atoms with Crippen LogP contribution in [0.25, 0.3) is 0 Å². The number of hydrogen-bond acceptors (Lipinski definition) is 5. The van der Waals surface area contributed by atoms with E-state index >= 15 is 0 Å². The standard InChI is InChI=1S/C8H11NO5/c1-4(12)8(14)6(3-11)5(2-10)7(13)9-8/h10-11,14H,2-3H2,1H3,(H,9,13). The Hall–Kier alpha value is -1.24. The number of rotatable bonds is 3. The van der Waals surface area contributed by atoms with Crippen molar-refractivity contribution in [3.05, 3.63) is 11.1 Å². The Morgan fingerprint density at radius 3 is 2.36 bits per heavy atom. The average molecular weight is 201 g/mol. The minimum absolute atomic E-state index is 0.162. The average Bonchev–Trinajstić information content (AvgIpc) is 2.37. The fraction of sp³-hybridized carbons (Fsp3) is 0.500. The van der Waals surface area contributed by atoms with Crippen LogP contribution in [0.5, 0.6) is 0 Å². The molecule has 1 rings (SSSR count). The molecule has 0 saturated carbocycles. The van der Waals surface area contributed by atoms with Crippen LogP contribution in [-0.4, -0.2) is 45.9 Å². The van der Waals surface area contributed by atoms with E-state index < -0.39 is 30.6 Å². The molecule has 0 aromatic heterocycles. The summed E-state index contributed by atoms with van der Waals surface area (Å²) in [6.07, 6.45) is 0. The van der Waals surface area contributed by atoms with E-state index in [4.69, 9.17) is 10.2 Å². The summed E-state index contributed by atoms with van der Waals surface area (Å²) in [4.78, 5) is 22.2. The van der Waals surface area contributed by atoms with E-state index in [9.17, 15) is 14.7 Å². The van der Waals surface area contributed by atoms with E-state index in [-0.39, 0.29) is 11.1 Å². The SMILES string of the molecule is CC(=O)C1(O)NC(=O)C(CO)=C1CO. The van der Waals surface area contributed by atoms with Crippen LogP contribution in [-0.2, 0) is 9.59 Å². The molecule has 14 heavy (non-hydrogen) atoms. The lowest BCUT2D eigenvalue weighted by atomic mass is 9.99. The van der Waals surface area contributed by atoms with Gasteiger partial charge in [0, 0.05) is 11.1 Å². The van der Waals surface area contributed by atoms with Crippen LogP contribution in [0.1, 0.15) is 6.92 Å². The highest BCUT2D eigenvalue weighted by molar-refractivity contribution is 6.05. The minimum Gasteiger partial charge on any atom is -0.392 e. The zero-order valence-corrected chi connectivity index (χ0v) is 7.57. The van der Waals surface area contributed by atoms with Gasteiger partial charge >= 0.3 is 0 Å². The summed E-state index contributed by atoms with van der Waals surface area (Å²) in [6.45, 7) is -0.210. The first kappa shape index (κ1) is 10.8. The lowest BCUT2D eigenvalue weighted by Crippen LogP contribution is -2.51. The summed E-state index contributed by atoms with van der Waals surface area (Å²) < 4.78 is 0. The van der Waals surface area contributed by atoms with Gasteiger partial charge in [0.25, 0.3) is 5.91 Å². The lowest BCUT2D eigenvalue weighted by molar-refractivity contribution is -0.138. The minimum atomic E-state index is -2.16. The van der Waals surface area contributed by atoms with Gasteiger partial charge in [0.2, 0.25) is 5.72 Å². The van der Waals surface area contributed by atoms with Gasteiger partial charge in [-0.05, 0) is 6.92 Å². The molecule has 1 aliphatic rings. The van der Waals surface area contributed by atoms with Gasteiger partial charge in [-0.15, -0.1) is 0 Å². The van der Waals surface area contributed by atoms with Crippen molar-refractivity contribution in [2.75, 3.05) is 13.2 Å². The Balaban J connectivity index is 3.23. The maximum Gasteiger partial charge on any atom is 0.252 e. The Morgan fingerprint density at radius 1 is 1.43 bits per heavy atom. The zero-order chi connectivity index (χ0) is 10.9. The topological polar surface area (TPSA) is 107 Å². The third-order valence-corrected chi connectivity index (χ3v) is 2.20. The molecule has 0 aromatic rings. The molecule has 4 N–H and O–H groups in total. The number of carbonyl (C=O) groups excluding carboxylic acids is 2. The summed E-state index contributed by atoms with van der Waals surface area (Å²) in [5, 5.41) is 29.4. The fourth-order valence-corrected chi connectivity index (χ4v) is 1.35. The van der Waals surface area contributed by atoms with Crippen molar-refractivity contribution in [1.82, 2.24) is 5.32 Å². The maximum atomic E-state index is 11.1. The van der Waals surface area contributed by atoms with Gasteiger partial charge < -0.3 is 20.6 Å². The van der Waals surface area contributed by atoms with E-state index in [2.05, 4.69) is 0 Å². The van der Waals surface area contributed by atoms with Crippen molar-refractivity contribution in [2.24, 2.45) is 0 Å². The quantitative estimate of drug-likeness (QED) is 0.410. The molecule has 1 heterocycles. The molecule has 1 unspecified atom stereocenters. The number of carbonyl (C=O) groups is 2. The van der Waals surface area contributed by atoms with Crippen LogP contribution >= 0.6 is 0 Å². The number of aliphatic hydroxyl groups is 3. The van der Waals surface area contributed by atoms with E-state index in [0.29, 0.717) is 0 Å². The van der Waals surface area contributed by atoms with Crippen molar-refractivity contribution < 1.29 is 24.9 Å². The van der Waals surface area contributed by atoms with Crippen molar-refractivity contribution in [2.45, 2.75) is 12.6 Å². The molecule has 1 atom stereocenters. The normalized spacial score (nSPS) is 26.7. The molecular weight excluding hydrogens is 190 g/mol. The zero-order valence-electron chi connectivity index (χ0n) is 7.57. The third-order valence-electron chi connectivity index (χ3n) is 2.20. The third kappa shape index (κ3) is 1.33. The smallest absolute Gasteiger partial charge is 0.252 e. The fourth-order valence-electron chi connectivity index (χ4n) is 1.35. The van der Waals surface area contributed by atoms with Gasteiger partial charge in [-0.2, -0.15) is 0 Å². The molecule has 0 saturated heterocycles. The molecule has 0 radical (unpaired) electrons. The number of aliphatic hydroxyl groups excluding tert-OH is 2. The number of amides is 1. The molecule has 0 aliphatic carbocycles. The second-order valence-corrected chi connectivity index (χ2v) is 2.99. The van der Waals surface area contributed by atoms with Gasteiger partial charge in [-0.25, -0.2) is 0 Å². The summed E-state index contributed by atoms with van der Waals surface area (Å²) in [7, 11) is 0. The molecule has 0 bridgehead atoms. The molecule has 6 heteroatoms. The lowest BCUT2D eigenvalue weighted by Gasteiger charge is -2.21. The molecule has 0 spiro atoms. The van der Waals surface area contributed by atoms with Crippen LogP contribution < -0.4 is 5.32 Å². The number of hydrogen-bond donors (Lipinski definition) is 4. The van der Waals surface area contributed by atoms with Crippen LogP contribution in [0.3, 0.4) is 0 Å². The Morgan fingerprint density at radius 2 is 2.00 bits per heavy atom. The van der Waals surface area contributed by atoms with E-state index in [1.807, 2.05) is 5.32 Å². The Bertz CT molecular complexity index is 322. The van der Waals surface area contributed by atoms with Crippen LogP contribution in [0.4, 0.5) is 0 Å². The number of nitrogens with one attached hydrogen (secondary N) is 1. The second kappa shape index (κ2) is 3.49. The van der Waals surface area contributed by atoms with Gasteiger partial charge in [0.15, 0.2) is 5.78 Å². The molecule has 1 aliphatic heterocycles. The van der Waals surface area contributed by atoms with E-state index in [0.717, 1.165) is 6.92 Å². The van der Waals surface area contributed by atoms with E-state index in [1.54, 1.807) is 0 Å². The van der Waals surface area contributed by atoms with Gasteiger partial charge in [-0.1, -0.05) is 0 Å².